The standard InChI is InChI=1S/C28H22F2N4O5S/c1-16(18-13-21(29)25(22(30)14-18)34-40(2,36)37)32-26(35)23-15-39-28(33-23)24-19(17-7-4-3-5-8-17)9-6-10-20(24)27-31-11-12-38-27/h3-16,34H,1-2H3,(H,32,35). The Bertz CT molecular complexity index is 1770. The van der Waals surface area contributed by atoms with Crippen LogP contribution in [-0.2, 0) is 10.0 Å². The largest absolute Gasteiger partial charge is 0.445 e. The summed E-state index contributed by atoms with van der Waals surface area (Å²) >= 11 is 0. The van der Waals surface area contributed by atoms with Crippen molar-refractivity contribution in [3.05, 3.63) is 102 Å². The molecule has 5 rings (SSSR count). The molecule has 0 radical (unpaired) electrons. The first-order chi connectivity index (χ1) is 19.1. The van der Waals surface area contributed by atoms with Crippen LogP contribution in [0.4, 0.5) is 14.5 Å². The van der Waals surface area contributed by atoms with Crippen molar-refractivity contribution in [1.82, 2.24) is 15.3 Å². The molecule has 3 aromatic carbocycles. The molecule has 204 valence electrons. The van der Waals surface area contributed by atoms with E-state index in [1.54, 1.807) is 10.8 Å². The summed E-state index contributed by atoms with van der Waals surface area (Å²) in [5.41, 5.74) is 2.01. The molecule has 0 aliphatic rings. The van der Waals surface area contributed by atoms with E-state index in [1.807, 2.05) is 42.5 Å². The van der Waals surface area contributed by atoms with E-state index in [1.165, 1.54) is 25.6 Å². The summed E-state index contributed by atoms with van der Waals surface area (Å²) < 4.78 is 64.8. The Morgan fingerprint density at radius 3 is 2.30 bits per heavy atom. The summed E-state index contributed by atoms with van der Waals surface area (Å²) in [5, 5.41) is 2.62. The minimum absolute atomic E-state index is 0.0700. The van der Waals surface area contributed by atoms with Gasteiger partial charge < -0.3 is 14.2 Å². The smallest absolute Gasteiger partial charge is 0.273 e. The number of anilines is 1. The van der Waals surface area contributed by atoms with Crippen LogP contribution in [0, 0.1) is 11.6 Å². The number of nitrogens with one attached hydrogen (secondary N) is 2. The maximum atomic E-state index is 14.5. The van der Waals surface area contributed by atoms with Crippen molar-refractivity contribution >= 4 is 21.6 Å². The van der Waals surface area contributed by atoms with E-state index in [0.29, 0.717) is 17.0 Å². The summed E-state index contributed by atoms with van der Waals surface area (Å²) in [6.45, 7) is 1.52. The Labute approximate surface area is 228 Å². The van der Waals surface area contributed by atoms with Gasteiger partial charge in [-0.1, -0.05) is 42.5 Å². The fourth-order valence-electron chi connectivity index (χ4n) is 4.15. The quantitative estimate of drug-likeness (QED) is 0.244. The van der Waals surface area contributed by atoms with Gasteiger partial charge in [-0.2, -0.15) is 0 Å². The van der Waals surface area contributed by atoms with Crippen molar-refractivity contribution in [2.75, 3.05) is 11.0 Å². The van der Waals surface area contributed by atoms with E-state index in [-0.39, 0.29) is 17.1 Å². The van der Waals surface area contributed by atoms with Crippen molar-refractivity contribution in [3.8, 4) is 34.0 Å². The molecule has 0 aliphatic carbocycles. The number of amides is 1. The molecule has 2 aromatic heterocycles. The molecule has 2 heterocycles. The van der Waals surface area contributed by atoms with Gasteiger partial charge in [0.2, 0.25) is 21.8 Å². The zero-order chi connectivity index (χ0) is 28.4. The van der Waals surface area contributed by atoms with Gasteiger partial charge in [0.25, 0.3) is 5.91 Å². The minimum Gasteiger partial charge on any atom is -0.445 e. The van der Waals surface area contributed by atoms with Crippen LogP contribution in [-0.4, -0.2) is 30.5 Å². The fourth-order valence-corrected chi connectivity index (χ4v) is 4.71. The molecular formula is C28H22F2N4O5S. The fraction of sp³-hybridized carbons (Fsp3) is 0.107. The van der Waals surface area contributed by atoms with Gasteiger partial charge in [-0.05, 0) is 41.8 Å². The average molecular weight is 565 g/mol. The number of sulfonamides is 1. The highest BCUT2D eigenvalue weighted by atomic mass is 32.2. The first kappa shape index (κ1) is 26.8. The first-order valence-electron chi connectivity index (χ1n) is 11.9. The molecule has 0 fully saturated rings. The van der Waals surface area contributed by atoms with Crippen LogP contribution in [0.2, 0.25) is 0 Å². The third kappa shape index (κ3) is 5.61. The van der Waals surface area contributed by atoms with Crippen LogP contribution >= 0.6 is 0 Å². The van der Waals surface area contributed by atoms with E-state index in [9.17, 15) is 22.0 Å². The number of hydrogen-bond acceptors (Lipinski definition) is 7. The number of carbonyl (C=O) groups excluding carboxylic acids is 1. The molecule has 0 spiro atoms. The van der Waals surface area contributed by atoms with Crippen LogP contribution in [0.1, 0.15) is 29.0 Å². The molecule has 1 atom stereocenters. The van der Waals surface area contributed by atoms with E-state index in [4.69, 9.17) is 8.83 Å². The van der Waals surface area contributed by atoms with Gasteiger partial charge in [-0.15, -0.1) is 0 Å². The summed E-state index contributed by atoms with van der Waals surface area (Å²) in [6.07, 6.45) is 4.92. The number of rotatable bonds is 8. The van der Waals surface area contributed by atoms with Gasteiger partial charge in [0, 0.05) is 0 Å². The second-order valence-corrected chi connectivity index (χ2v) is 10.6. The molecule has 0 aliphatic heterocycles. The third-order valence-corrected chi connectivity index (χ3v) is 6.54. The van der Waals surface area contributed by atoms with E-state index >= 15 is 0 Å². The molecule has 0 saturated carbocycles. The predicted molar refractivity (Wildman–Crippen MR) is 144 cm³/mol. The molecule has 0 saturated heterocycles. The maximum Gasteiger partial charge on any atom is 0.273 e. The topological polar surface area (TPSA) is 127 Å². The third-order valence-electron chi connectivity index (χ3n) is 5.96. The lowest BCUT2D eigenvalue weighted by molar-refractivity contribution is 0.0934. The molecular weight excluding hydrogens is 542 g/mol. The summed E-state index contributed by atoms with van der Waals surface area (Å²) in [5.74, 6) is -2.43. The molecule has 5 aromatic rings. The van der Waals surface area contributed by atoms with Gasteiger partial charge in [0.1, 0.15) is 18.2 Å². The highest BCUT2D eigenvalue weighted by Gasteiger charge is 2.24. The van der Waals surface area contributed by atoms with Crippen LogP contribution in [0.3, 0.4) is 0 Å². The lowest BCUT2D eigenvalue weighted by atomic mass is 9.95. The zero-order valence-corrected chi connectivity index (χ0v) is 22.0. The summed E-state index contributed by atoms with van der Waals surface area (Å²) in [7, 11) is -3.90. The van der Waals surface area contributed by atoms with Crippen molar-refractivity contribution in [2.24, 2.45) is 0 Å². The van der Waals surface area contributed by atoms with Crippen LogP contribution < -0.4 is 10.0 Å². The normalized spacial score (nSPS) is 12.2. The molecule has 0 bridgehead atoms. The van der Waals surface area contributed by atoms with Crippen LogP contribution in [0.25, 0.3) is 34.0 Å². The maximum absolute atomic E-state index is 14.5. The second kappa shape index (κ2) is 10.7. The minimum atomic E-state index is -3.90. The molecule has 9 nitrogen and oxygen atoms in total. The molecule has 12 heteroatoms. The first-order valence-corrected chi connectivity index (χ1v) is 13.8. The molecule has 2 N–H and O–H groups in total. The number of oxazole rings is 2. The number of hydrogen-bond donors (Lipinski definition) is 2. The summed E-state index contributed by atoms with van der Waals surface area (Å²) in [4.78, 5) is 21.7. The highest BCUT2D eigenvalue weighted by molar-refractivity contribution is 7.92. The van der Waals surface area contributed by atoms with Crippen LogP contribution in [0.5, 0.6) is 0 Å². The van der Waals surface area contributed by atoms with Crippen LogP contribution in [0.15, 0.2) is 88.2 Å². The number of nitrogens with zero attached hydrogens (tertiary/aromatic N) is 2. The number of carbonyl (C=O) groups is 1. The Hall–Kier alpha value is -4.84. The van der Waals surface area contributed by atoms with E-state index in [2.05, 4.69) is 15.3 Å². The SMILES string of the molecule is CC(NC(=O)c1coc(-c2c(-c3ccccc3)cccc2-c2ncco2)n1)c1cc(F)c(NS(C)(=O)=O)c(F)c1. The van der Waals surface area contributed by atoms with Gasteiger partial charge in [0.05, 0.1) is 29.6 Å². The number of benzene rings is 3. The average Bonchev–Trinajstić information content (AvgIpc) is 3.63. The second-order valence-electron chi connectivity index (χ2n) is 8.90. The van der Waals surface area contributed by atoms with Crippen molar-refractivity contribution in [1.29, 1.82) is 0 Å². The Morgan fingerprint density at radius 2 is 1.65 bits per heavy atom. The van der Waals surface area contributed by atoms with Crippen molar-refractivity contribution in [2.45, 2.75) is 13.0 Å². The number of aromatic nitrogens is 2. The lowest BCUT2D eigenvalue weighted by Crippen LogP contribution is -2.27. The summed E-state index contributed by atoms with van der Waals surface area (Å²) in [6, 6.07) is 16.1. The molecule has 1 amide bonds. The van der Waals surface area contributed by atoms with Gasteiger partial charge in [0.15, 0.2) is 17.3 Å². The van der Waals surface area contributed by atoms with Gasteiger partial charge in [-0.3, -0.25) is 9.52 Å². The Kier molecular flexibility index (Phi) is 7.18. The Morgan fingerprint density at radius 1 is 0.950 bits per heavy atom. The molecule has 1 unspecified atom stereocenters. The van der Waals surface area contributed by atoms with Crippen molar-refractivity contribution < 1.29 is 30.8 Å². The Balaban J connectivity index is 1.45. The zero-order valence-electron chi connectivity index (χ0n) is 21.2. The van der Waals surface area contributed by atoms with E-state index in [0.717, 1.165) is 29.5 Å². The number of halogens is 2. The van der Waals surface area contributed by atoms with Gasteiger partial charge >= 0.3 is 0 Å². The van der Waals surface area contributed by atoms with Crippen molar-refractivity contribution in [3.63, 3.8) is 0 Å². The van der Waals surface area contributed by atoms with E-state index < -0.39 is 39.3 Å². The monoisotopic (exact) mass is 564 g/mol. The highest BCUT2D eigenvalue weighted by Crippen LogP contribution is 2.39. The molecule has 40 heavy (non-hydrogen) atoms. The lowest BCUT2D eigenvalue weighted by Gasteiger charge is -2.15. The predicted octanol–water partition coefficient (Wildman–Crippen LogP) is 5.80. The van der Waals surface area contributed by atoms with Gasteiger partial charge in [-0.25, -0.2) is 27.2 Å².